The van der Waals surface area contributed by atoms with Crippen LogP contribution in [0.1, 0.15) is 15.9 Å². The van der Waals surface area contributed by atoms with Crippen molar-refractivity contribution in [2.24, 2.45) is 0 Å². The molecule has 0 aliphatic rings. The molecule has 0 amide bonds. The molecule has 2 heteroatoms. The summed E-state index contributed by atoms with van der Waals surface area (Å²) in [4.78, 5) is 12.2. The summed E-state index contributed by atoms with van der Waals surface area (Å²) in [5.74, 6) is 0.175. The van der Waals surface area contributed by atoms with Crippen molar-refractivity contribution in [3.8, 4) is 0 Å². The number of carbonyl (C=O) groups excluding carboxylic acids is 1. The summed E-state index contributed by atoms with van der Waals surface area (Å²) in [6.07, 6.45) is 0.470. The molecule has 1 aromatic heterocycles. The summed E-state index contributed by atoms with van der Waals surface area (Å²) in [7, 11) is 0. The normalized spacial score (nSPS) is 10.7. The van der Waals surface area contributed by atoms with Crippen LogP contribution < -0.4 is 0 Å². The van der Waals surface area contributed by atoms with Gasteiger partial charge in [0, 0.05) is 12.0 Å². The number of benzene rings is 2. The van der Waals surface area contributed by atoms with E-state index in [0.717, 1.165) is 11.1 Å². The van der Waals surface area contributed by atoms with Gasteiger partial charge in [-0.15, -0.1) is 0 Å². The van der Waals surface area contributed by atoms with Crippen LogP contribution in [0.4, 0.5) is 0 Å². The average Bonchev–Trinajstić information content (AvgIpc) is 2.89. The van der Waals surface area contributed by atoms with E-state index in [4.69, 9.17) is 0 Å². The highest BCUT2D eigenvalue weighted by atomic mass is 32.1. The molecule has 0 aliphatic carbocycles. The highest BCUT2D eigenvalue weighted by Crippen LogP contribution is 2.24. The summed E-state index contributed by atoms with van der Waals surface area (Å²) in [6.45, 7) is 0. The van der Waals surface area contributed by atoms with E-state index in [1.54, 1.807) is 11.3 Å². The minimum absolute atomic E-state index is 0.175. The lowest BCUT2D eigenvalue weighted by Gasteiger charge is -2.03. The van der Waals surface area contributed by atoms with Gasteiger partial charge in [-0.05, 0) is 27.1 Å². The molecular weight excluding hydrogens is 240 g/mol. The quantitative estimate of drug-likeness (QED) is 0.634. The molecule has 0 saturated carbocycles. The highest BCUT2D eigenvalue weighted by Gasteiger charge is 2.09. The first-order valence-corrected chi connectivity index (χ1v) is 6.81. The zero-order chi connectivity index (χ0) is 12.4. The van der Waals surface area contributed by atoms with Crippen LogP contribution in [0.3, 0.4) is 0 Å². The van der Waals surface area contributed by atoms with E-state index in [1.807, 2.05) is 42.5 Å². The summed E-state index contributed by atoms with van der Waals surface area (Å²) >= 11 is 1.68. The molecule has 3 aromatic rings. The van der Waals surface area contributed by atoms with Crippen molar-refractivity contribution in [3.05, 3.63) is 70.4 Å². The standard InChI is InChI=1S/C16H12OS/c17-16(12-5-2-1-3-6-12)9-13-7-4-8-14-10-18-11-15(13)14/h1-8,10-11H,9H2. The third kappa shape index (κ3) is 2.07. The Kier molecular flexibility index (Phi) is 2.95. The van der Waals surface area contributed by atoms with E-state index in [2.05, 4.69) is 16.8 Å². The minimum atomic E-state index is 0.175. The zero-order valence-electron chi connectivity index (χ0n) is 9.80. The number of ketones is 1. The van der Waals surface area contributed by atoms with Crippen LogP contribution in [0.5, 0.6) is 0 Å². The predicted molar refractivity (Wildman–Crippen MR) is 76.3 cm³/mol. The topological polar surface area (TPSA) is 17.1 Å². The molecular formula is C16H12OS. The van der Waals surface area contributed by atoms with Crippen LogP contribution in [0.2, 0.25) is 0 Å². The molecule has 0 aliphatic heterocycles. The van der Waals surface area contributed by atoms with Gasteiger partial charge in [0.2, 0.25) is 0 Å². The lowest BCUT2D eigenvalue weighted by Crippen LogP contribution is -2.03. The molecule has 18 heavy (non-hydrogen) atoms. The number of Topliss-reactive ketones (excluding diaryl/α,β-unsaturated/α-hetero) is 1. The third-order valence-corrected chi connectivity index (χ3v) is 3.82. The van der Waals surface area contributed by atoms with Gasteiger partial charge in [-0.1, -0.05) is 48.5 Å². The third-order valence-electron chi connectivity index (χ3n) is 3.06. The number of rotatable bonds is 3. The molecule has 3 rings (SSSR count). The van der Waals surface area contributed by atoms with Crippen molar-refractivity contribution in [2.45, 2.75) is 6.42 Å². The zero-order valence-corrected chi connectivity index (χ0v) is 10.6. The van der Waals surface area contributed by atoms with Gasteiger partial charge in [-0.3, -0.25) is 4.79 Å². The second-order valence-electron chi connectivity index (χ2n) is 4.26. The van der Waals surface area contributed by atoms with Gasteiger partial charge in [-0.2, -0.15) is 11.3 Å². The fourth-order valence-electron chi connectivity index (χ4n) is 2.11. The molecule has 0 unspecified atom stereocenters. The molecule has 0 radical (unpaired) electrons. The molecule has 88 valence electrons. The Morgan fingerprint density at radius 1 is 0.944 bits per heavy atom. The van der Waals surface area contributed by atoms with Crippen molar-refractivity contribution >= 4 is 27.9 Å². The smallest absolute Gasteiger partial charge is 0.167 e. The van der Waals surface area contributed by atoms with E-state index < -0.39 is 0 Å². The Morgan fingerprint density at radius 2 is 1.78 bits per heavy atom. The van der Waals surface area contributed by atoms with Crippen molar-refractivity contribution < 1.29 is 4.79 Å². The Labute approximate surface area is 110 Å². The van der Waals surface area contributed by atoms with Crippen LogP contribution in [0, 0.1) is 0 Å². The van der Waals surface area contributed by atoms with Gasteiger partial charge in [-0.25, -0.2) is 0 Å². The van der Waals surface area contributed by atoms with E-state index in [-0.39, 0.29) is 5.78 Å². The van der Waals surface area contributed by atoms with Gasteiger partial charge >= 0.3 is 0 Å². The Morgan fingerprint density at radius 3 is 2.61 bits per heavy atom. The van der Waals surface area contributed by atoms with Crippen LogP contribution in [0.25, 0.3) is 10.8 Å². The van der Waals surface area contributed by atoms with Crippen LogP contribution in [-0.4, -0.2) is 5.78 Å². The van der Waals surface area contributed by atoms with Gasteiger partial charge < -0.3 is 0 Å². The fraction of sp³-hybridized carbons (Fsp3) is 0.0625. The second-order valence-corrected chi connectivity index (χ2v) is 5.00. The molecule has 1 nitrogen and oxygen atoms in total. The first-order valence-electron chi connectivity index (χ1n) is 5.86. The minimum Gasteiger partial charge on any atom is -0.294 e. The lowest BCUT2D eigenvalue weighted by molar-refractivity contribution is 0.0993. The molecule has 0 spiro atoms. The SMILES string of the molecule is O=C(Cc1cccc2cscc12)c1ccccc1. The predicted octanol–water partition coefficient (Wildman–Crippen LogP) is 4.33. The van der Waals surface area contributed by atoms with Gasteiger partial charge in [0.15, 0.2) is 5.78 Å². The van der Waals surface area contributed by atoms with E-state index in [9.17, 15) is 4.79 Å². The van der Waals surface area contributed by atoms with Crippen molar-refractivity contribution in [2.75, 3.05) is 0 Å². The monoisotopic (exact) mass is 252 g/mol. The van der Waals surface area contributed by atoms with E-state index >= 15 is 0 Å². The van der Waals surface area contributed by atoms with Crippen molar-refractivity contribution in [3.63, 3.8) is 0 Å². The maximum Gasteiger partial charge on any atom is 0.167 e. The number of hydrogen-bond donors (Lipinski definition) is 0. The largest absolute Gasteiger partial charge is 0.294 e. The maximum atomic E-state index is 12.2. The van der Waals surface area contributed by atoms with Gasteiger partial charge in [0.25, 0.3) is 0 Å². The number of fused-ring (bicyclic) bond motifs is 1. The Bertz CT molecular complexity index is 682. The molecule has 2 aromatic carbocycles. The van der Waals surface area contributed by atoms with Gasteiger partial charge in [0.05, 0.1) is 0 Å². The molecule has 0 atom stereocenters. The van der Waals surface area contributed by atoms with Gasteiger partial charge in [0.1, 0.15) is 0 Å². The highest BCUT2D eigenvalue weighted by molar-refractivity contribution is 7.09. The Hall–Kier alpha value is -1.93. The van der Waals surface area contributed by atoms with E-state index in [0.29, 0.717) is 6.42 Å². The first-order chi connectivity index (χ1) is 8.84. The summed E-state index contributed by atoms with van der Waals surface area (Å²) in [6, 6.07) is 15.6. The van der Waals surface area contributed by atoms with Crippen molar-refractivity contribution in [1.82, 2.24) is 0 Å². The van der Waals surface area contributed by atoms with Crippen LogP contribution >= 0.6 is 11.3 Å². The van der Waals surface area contributed by atoms with E-state index in [1.165, 1.54) is 10.8 Å². The van der Waals surface area contributed by atoms with Crippen LogP contribution in [0.15, 0.2) is 59.3 Å². The van der Waals surface area contributed by atoms with Crippen molar-refractivity contribution in [1.29, 1.82) is 0 Å². The molecule has 0 bridgehead atoms. The molecule has 0 fully saturated rings. The summed E-state index contributed by atoms with van der Waals surface area (Å²) in [5.41, 5.74) is 1.90. The maximum absolute atomic E-state index is 12.2. The summed E-state index contributed by atoms with van der Waals surface area (Å²) < 4.78 is 0. The molecule has 0 saturated heterocycles. The second kappa shape index (κ2) is 4.75. The lowest BCUT2D eigenvalue weighted by atomic mass is 10.00. The Balaban J connectivity index is 1.93. The first kappa shape index (κ1) is 11.2. The molecule has 1 heterocycles. The fourth-order valence-corrected chi connectivity index (χ4v) is 2.95. The number of hydrogen-bond acceptors (Lipinski definition) is 2. The van der Waals surface area contributed by atoms with Crippen LogP contribution in [-0.2, 0) is 6.42 Å². The molecule has 0 N–H and O–H groups in total. The average molecular weight is 252 g/mol. The number of carbonyl (C=O) groups is 1. The summed E-state index contributed by atoms with van der Waals surface area (Å²) in [5, 5.41) is 6.65. The number of thiophene rings is 1.